The van der Waals surface area contributed by atoms with E-state index in [2.05, 4.69) is 48.5 Å². The summed E-state index contributed by atoms with van der Waals surface area (Å²) >= 11 is 0. The SMILES string of the molecule is P.c1ccc(-c2c(C3CCCCC3)cccc2C2CCCCC2)cc1. The Morgan fingerprint density at radius 2 is 1.00 bits per heavy atom. The molecule has 0 nitrogen and oxygen atoms in total. The van der Waals surface area contributed by atoms with E-state index in [1.807, 2.05) is 0 Å². The molecular weight excluding hydrogens is 319 g/mol. The summed E-state index contributed by atoms with van der Waals surface area (Å²) in [6.45, 7) is 0. The summed E-state index contributed by atoms with van der Waals surface area (Å²) in [6, 6.07) is 18.4. The Kier molecular flexibility index (Phi) is 6.71. The molecule has 0 saturated heterocycles. The van der Waals surface area contributed by atoms with Crippen LogP contribution < -0.4 is 0 Å². The summed E-state index contributed by atoms with van der Waals surface area (Å²) in [5.74, 6) is 1.55. The van der Waals surface area contributed by atoms with Crippen LogP contribution in [0.4, 0.5) is 0 Å². The Morgan fingerprint density at radius 3 is 1.48 bits per heavy atom. The predicted molar refractivity (Wildman–Crippen MR) is 115 cm³/mol. The Bertz CT molecular complexity index is 613. The molecule has 2 saturated carbocycles. The van der Waals surface area contributed by atoms with Crippen molar-refractivity contribution in [3.05, 3.63) is 59.7 Å². The number of benzene rings is 2. The van der Waals surface area contributed by atoms with Gasteiger partial charge in [-0.05, 0) is 59.8 Å². The van der Waals surface area contributed by atoms with Crippen molar-refractivity contribution in [1.82, 2.24) is 0 Å². The van der Waals surface area contributed by atoms with Crippen molar-refractivity contribution >= 4 is 9.90 Å². The zero-order valence-corrected chi connectivity index (χ0v) is 17.0. The van der Waals surface area contributed by atoms with Gasteiger partial charge in [0, 0.05) is 0 Å². The zero-order valence-electron chi connectivity index (χ0n) is 15.6. The van der Waals surface area contributed by atoms with E-state index in [1.165, 1.54) is 69.8 Å². The van der Waals surface area contributed by atoms with Crippen molar-refractivity contribution in [2.24, 2.45) is 0 Å². The molecule has 0 aliphatic heterocycles. The smallest absolute Gasteiger partial charge is 0.0114 e. The lowest BCUT2D eigenvalue weighted by molar-refractivity contribution is 0.437. The highest BCUT2D eigenvalue weighted by atomic mass is 31.0. The molecule has 0 N–H and O–H groups in total. The van der Waals surface area contributed by atoms with Gasteiger partial charge in [0.05, 0.1) is 0 Å². The molecule has 0 bridgehead atoms. The molecule has 4 rings (SSSR count). The third-order valence-corrected chi connectivity index (χ3v) is 6.28. The summed E-state index contributed by atoms with van der Waals surface area (Å²) in [6.07, 6.45) is 14.0. The lowest BCUT2D eigenvalue weighted by Gasteiger charge is -2.30. The van der Waals surface area contributed by atoms with Gasteiger partial charge in [-0.15, -0.1) is 0 Å². The van der Waals surface area contributed by atoms with Gasteiger partial charge in [0.1, 0.15) is 0 Å². The quantitative estimate of drug-likeness (QED) is 0.501. The molecule has 2 aromatic rings. The first-order valence-corrected chi connectivity index (χ1v) is 10.1. The van der Waals surface area contributed by atoms with E-state index in [0.29, 0.717) is 0 Å². The largest absolute Gasteiger partial charge is 0.153 e. The second kappa shape index (κ2) is 9.00. The highest BCUT2D eigenvalue weighted by molar-refractivity contribution is 6.92. The summed E-state index contributed by atoms with van der Waals surface area (Å²) in [7, 11) is 0. The second-order valence-corrected chi connectivity index (χ2v) is 7.85. The zero-order chi connectivity index (χ0) is 16.2. The van der Waals surface area contributed by atoms with E-state index in [1.54, 1.807) is 16.7 Å². The molecule has 1 atom stereocenters. The first-order chi connectivity index (χ1) is 11.9. The first-order valence-electron chi connectivity index (χ1n) is 10.1. The normalized spacial score (nSPS) is 19.4. The van der Waals surface area contributed by atoms with Gasteiger partial charge in [-0.3, -0.25) is 0 Å². The minimum atomic E-state index is 0. The average Bonchev–Trinajstić information content (AvgIpc) is 2.69. The van der Waals surface area contributed by atoms with E-state index in [0.717, 1.165) is 11.8 Å². The van der Waals surface area contributed by atoms with Gasteiger partial charge in [0.25, 0.3) is 0 Å². The first kappa shape index (κ1) is 18.7. The molecule has 2 aromatic carbocycles. The Morgan fingerprint density at radius 1 is 0.520 bits per heavy atom. The molecule has 2 fully saturated rings. The maximum absolute atomic E-state index is 2.44. The summed E-state index contributed by atoms with van der Waals surface area (Å²) in [5.41, 5.74) is 6.32. The van der Waals surface area contributed by atoms with Crippen LogP contribution in [0.2, 0.25) is 0 Å². The maximum Gasteiger partial charge on any atom is -0.0114 e. The van der Waals surface area contributed by atoms with Crippen molar-refractivity contribution in [3.8, 4) is 11.1 Å². The van der Waals surface area contributed by atoms with Crippen molar-refractivity contribution < 1.29 is 0 Å². The molecule has 0 radical (unpaired) electrons. The third kappa shape index (κ3) is 4.17. The fraction of sp³-hybridized carbons (Fsp3) is 0.500. The molecule has 0 heterocycles. The predicted octanol–water partition coefficient (Wildman–Crippen LogP) is 7.51. The van der Waals surface area contributed by atoms with E-state index in [4.69, 9.17) is 0 Å². The van der Waals surface area contributed by atoms with Crippen LogP contribution in [0.15, 0.2) is 48.5 Å². The highest BCUT2D eigenvalue weighted by Crippen LogP contribution is 2.44. The van der Waals surface area contributed by atoms with E-state index < -0.39 is 0 Å². The number of hydrogen-bond acceptors (Lipinski definition) is 0. The van der Waals surface area contributed by atoms with E-state index in [-0.39, 0.29) is 9.90 Å². The van der Waals surface area contributed by atoms with Crippen LogP contribution in [0, 0.1) is 0 Å². The van der Waals surface area contributed by atoms with Gasteiger partial charge >= 0.3 is 0 Å². The molecule has 1 unspecified atom stereocenters. The molecule has 25 heavy (non-hydrogen) atoms. The molecular formula is C24H33P. The summed E-state index contributed by atoms with van der Waals surface area (Å²) in [5, 5.41) is 0. The number of hydrogen-bond donors (Lipinski definition) is 0. The minimum absolute atomic E-state index is 0. The van der Waals surface area contributed by atoms with Gasteiger partial charge in [-0.2, -0.15) is 9.90 Å². The Labute approximate surface area is 157 Å². The monoisotopic (exact) mass is 352 g/mol. The molecule has 134 valence electrons. The average molecular weight is 353 g/mol. The highest BCUT2D eigenvalue weighted by Gasteiger charge is 2.24. The van der Waals surface area contributed by atoms with Crippen molar-refractivity contribution in [1.29, 1.82) is 0 Å². The number of rotatable bonds is 3. The topological polar surface area (TPSA) is 0 Å². The molecule has 0 aromatic heterocycles. The van der Waals surface area contributed by atoms with Gasteiger partial charge < -0.3 is 0 Å². The van der Waals surface area contributed by atoms with Gasteiger partial charge in [-0.1, -0.05) is 87.1 Å². The van der Waals surface area contributed by atoms with Crippen LogP contribution in [0.25, 0.3) is 11.1 Å². The molecule has 2 aliphatic rings. The Balaban J connectivity index is 0.00000182. The lowest BCUT2D eigenvalue weighted by atomic mass is 9.75. The van der Waals surface area contributed by atoms with Crippen LogP contribution >= 0.6 is 9.90 Å². The van der Waals surface area contributed by atoms with Crippen LogP contribution in [0.1, 0.15) is 87.2 Å². The minimum Gasteiger partial charge on any atom is -0.153 e. The molecule has 0 spiro atoms. The summed E-state index contributed by atoms with van der Waals surface area (Å²) in [4.78, 5) is 0. The van der Waals surface area contributed by atoms with Gasteiger partial charge in [0.15, 0.2) is 0 Å². The van der Waals surface area contributed by atoms with Gasteiger partial charge in [-0.25, -0.2) is 0 Å². The van der Waals surface area contributed by atoms with E-state index in [9.17, 15) is 0 Å². The fourth-order valence-corrected chi connectivity index (χ4v) is 5.03. The fourth-order valence-electron chi connectivity index (χ4n) is 5.03. The molecule has 1 heteroatoms. The third-order valence-electron chi connectivity index (χ3n) is 6.28. The Hall–Kier alpha value is -1.13. The molecule has 0 amide bonds. The van der Waals surface area contributed by atoms with Crippen LogP contribution in [0.5, 0.6) is 0 Å². The van der Waals surface area contributed by atoms with Crippen LogP contribution in [-0.4, -0.2) is 0 Å². The maximum atomic E-state index is 2.44. The van der Waals surface area contributed by atoms with Crippen molar-refractivity contribution in [2.75, 3.05) is 0 Å². The van der Waals surface area contributed by atoms with Crippen molar-refractivity contribution in [3.63, 3.8) is 0 Å². The lowest BCUT2D eigenvalue weighted by Crippen LogP contribution is -2.11. The second-order valence-electron chi connectivity index (χ2n) is 7.85. The summed E-state index contributed by atoms with van der Waals surface area (Å²) < 4.78 is 0. The van der Waals surface area contributed by atoms with Crippen LogP contribution in [0.3, 0.4) is 0 Å². The standard InChI is InChI=1S/C24H30.H3P/c1-4-11-19(12-5-1)22-17-10-18-23(20-13-6-2-7-14-20)24(22)21-15-8-3-9-16-21;/h3,8-10,15-20H,1-2,4-7,11-14H2;1H3. The van der Waals surface area contributed by atoms with Crippen molar-refractivity contribution in [2.45, 2.75) is 76.0 Å². The molecule has 2 aliphatic carbocycles. The van der Waals surface area contributed by atoms with E-state index >= 15 is 0 Å². The van der Waals surface area contributed by atoms with Crippen LogP contribution in [-0.2, 0) is 0 Å². The van der Waals surface area contributed by atoms with Gasteiger partial charge in [0.2, 0.25) is 0 Å².